The molecule has 4 atom stereocenters. The number of thiophene rings is 1. The maximum absolute atomic E-state index is 12.9. The van der Waals surface area contributed by atoms with Crippen LogP contribution in [0.25, 0.3) is 0 Å². The van der Waals surface area contributed by atoms with Crippen LogP contribution < -0.4 is 0 Å². The molecule has 140 valence electrons. The highest BCUT2D eigenvalue weighted by atomic mass is 79.9. The van der Waals surface area contributed by atoms with Crippen molar-refractivity contribution < 1.29 is 24.2 Å². The van der Waals surface area contributed by atoms with Crippen LogP contribution in [0, 0.1) is 0 Å². The molecule has 2 fully saturated rings. The van der Waals surface area contributed by atoms with Gasteiger partial charge in [0.25, 0.3) is 0 Å². The fourth-order valence-corrected chi connectivity index (χ4v) is 6.46. The van der Waals surface area contributed by atoms with E-state index < -0.39 is 44.3 Å². The van der Waals surface area contributed by atoms with Crippen LogP contribution in [-0.2, 0) is 14.3 Å². The van der Waals surface area contributed by atoms with Crippen LogP contribution in [0.4, 0.5) is 0 Å². The molecular weight excluding hydrogens is 442 g/mol. The number of ketones is 1. The van der Waals surface area contributed by atoms with Gasteiger partial charge in [-0.25, -0.2) is 4.79 Å². The lowest BCUT2D eigenvalue weighted by molar-refractivity contribution is -0.166. The van der Waals surface area contributed by atoms with Crippen molar-refractivity contribution in [1.29, 1.82) is 0 Å². The predicted molar refractivity (Wildman–Crippen MR) is 104 cm³/mol. The van der Waals surface area contributed by atoms with Crippen LogP contribution in [0.1, 0.15) is 24.2 Å². The summed E-state index contributed by atoms with van der Waals surface area (Å²) in [6.45, 7) is 7.24. The Bertz CT molecular complexity index is 765. The maximum atomic E-state index is 12.9. The molecule has 9 heteroatoms. The lowest BCUT2D eigenvalue weighted by Crippen LogP contribution is -2.75. The van der Waals surface area contributed by atoms with Gasteiger partial charge in [-0.3, -0.25) is 9.59 Å². The summed E-state index contributed by atoms with van der Waals surface area (Å²) in [6, 6.07) is 0.813. The molecule has 0 saturated carbocycles. The van der Waals surface area contributed by atoms with Gasteiger partial charge in [0.15, 0.2) is 10.1 Å². The normalized spacial score (nSPS) is 30.3. The quantitative estimate of drug-likeness (QED) is 0.231. The van der Waals surface area contributed by atoms with E-state index in [0.29, 0.717) is 5.56 Å². The van der Waals surface area contributed by atoms with Crippen LogP contribution in [0.3, 0.4) is 0 Å². The smallest absolute Gasteiger partial charge is 0.330 e. The minimum absolute atomic E-state index is 0.0570. The number of rotatable bonds is 6. The number of carbonyl (C=O) groups is 3. The summed E-state index contributed by atoms with van der Waals surface area (Å²) in [4.78, 5) is 39.3. The van der Waals surface area contributed by atoms with Crippen molar-refractivity contribution in [1.82, 2.24) is 4.90 Å². The number of esters is 1. The van der Waals surface area contributed by atoms with Crippen molar-refractivity contribution in [3.8, 4) is 0 Å². The number of β-lactam (4-membered cyclic amide) rings is 1. The number of amides is 1. The van der Waals surface area contributed by atoms with E-state index in [2.05, 4.69) is 22.5 Å². The van der Waals surface area contributed by atoms with Gasteiger partial charge in [0.1, 0.15) is 24.1 Å². The number of alkyl halides is 1. The second-order valence-corrected chi connectivity index (χ2v) is 10.5. The predicted octanol–water partition coefficient (Wildman–Crippen LogP) is 2.22. The molecule has 1 N–H and O–H groups in total. The van der Waals surface area contributed by atoms with E-state index in [0.717, 1.165) is 0 Å². The Hall–Kier alpha value is -1.16. The number of fused-ring (bicyclic) bond motifs is 1. The molecule has 0 radical (unpaired) electrons. The van der Waals surface area contributed by atoms with Crippen molar-refractivity contribution in [2.24, 2.45) is 0 Å². The second kappa shape index (κ2) is 6.78. The summed E-state index contributed by atoms with van der Waals surface area (Å²) >= 11 is 6.02. The Morgan fingerprint density at radius 3 is 2.81 bits per heavy atom. The number of aliphatic hydroxyl groups excluding tert-OH is 1. The first-order valence-corrected chi connectivity index (χ1v) is 10.5. The Morgan fingerprint density at radius 1 is 1.54 bits per heavy atom. The Balaban J connectivity index is 1.86. The van der Waals surface area contributed by atoms with E-state index in [1.54, 1.807) is 16.8 Å². The molecule has 6 nitrogen and oxygen atoms in total. The van der Waals surface area contributed by atoms with Crippen LogP contribution in [0.15, 0.2) is 29.5 Å². The van der Waals surface area contributed by atoms with Gasteiger partial charge in [-0.1, -0.05) is 28.6 Å². The maximum Gasteiger partial charge on any atom is 0.330 e. The number of ether oxygens (including phenoxy) is 1. The number of thioether (sulfide) groups is 1. The number of aliphatic hydroxyl groups is 1. The Morgan fingerprint density at radius 2 is 2.23 bits per heavy atom. The van der Waals surface area contributed by atoms with Crippen LogP contribution in [0.5, 0.6) is 0 Å². The molecule has 2 saturated heterocycles. The van der Waals surface area contributed by atoms with Gasteiger partial charge >= 0.3 is 5.97 Å². The lowest BCUT2D eigenvalue weighted by Gasteiger charge is -2.51. The summed E-state index contributed by atoms with van der Waals surface area (Å²) in [7, 11) is 0. The molecule has 0 aliphatic carbocycles. The average molecular weight is 460 g/mol. The summed E-state index contributed by atoms with van der Waals surface area (Å²) in [6.07, 6.45) is -0.0856. The van der Waals surface area contributed by atoms with Gasteiger partial charge in [0, 0.05) is 15.7 Å². The number of hydrogen-bond acceptors (Lipinski definition) is 7. The fourth-order valence-electron chi connectivity index (χ4n) is 3.25. The van der Waals surface area contributed by atoms with Gasteiger partial charge in [0.05, 0.1) is 0 Å². The van der Waals surface area contributed by atoms with Gasteiger partial charge in [-0.2, -0.15) is 11.3 Å². The summed E-state index contributed by atoms with van der Waals surface area (Å²) < 4.78 is 3.06. The minimum Gasteiger partial charge on any atom is -0.460 e. The first-order valence-electron chi connectivity index (χ1n) is 7.87. The molecule has 0 bridgehead atoms. The molecule has 3 heterocycles. The molecule has 0 spiro atoms. The van der Waals surface area contributed by atoms with Crippen molar-refractivity contribution >= 4 is 56.7 Å². The molecule has 3 rings (SSSR count). The van der Waals surface area contributed by atoms with Gasteiger partial charge in [-0.15, -0.1) is 11.8 Å². The van der Waals surface area contributed by atoms with E-state index >= 15 is 0 Å². The highest BCUT2D eigenvalue weighted by molar-refractivity contribution is 9.10. The van der Waals surface area contributed by atoms with Crippen molar-refractivity contribution in [3.63, 3.8) is 0 Å². The molecule has 1 unspecified atom stereocenters. The molecule has 0 aromatic carbocycles. The Labute approximate surface area is 167 Å². The van der Waals surface area contributed by atoms with Crippen LogP contribution >= 0.6 is 39.0 Å². The highest BCUT2D eigenvalue weighted by Crippen LogP contribution is 2.59. The fraction of sp³-hybridized carbons (Fsp3) is 0.471. The zero-order valence-electron chi connectivity index (χ0n) is 14.2. The van der Waals surface area contributed by atoms with E-state index in [1.165, 1.54) is 34.1 Å². The van der Waals surface area contributed by atoms with Crippen molar-refractivity contribution in [2.45, 2.75) is 40.4 Å². The number of nitrogens with zero attached hydrogens (tertiary/aromatic N) is 1. The van der Waals surface area contributed by atoms with E-state index in [1.807, 2.05) is 13.8 Å². The largest absolute Gasteiger partial charge is 0.460 e. The third-order valence-corrected chi connectivity index (χ3v) is 8.39. The van der Waals surface area contributed by atoms with E-state index in [9.17, 15) is 19.5 Å². The topological polar surface area (TPSA) is 83.9 Å². The third kappa shape index (κ3) is 2.76. The van der Waals surface area contributed by atoms with Crippen molar-refractivity contribution in [3.05, 3.63) is 35.0 Å². The van der Waals surface area contributed by atoms with Gasteiger partial charge < -0.3 is 14.7 Å². The number of hydrogen-bond donors (Lipinski definition) is 1. The lowest BCUT2D eigenvalue weighted by atomic mass is 9.85. The number of halogens is 1. The Kier molecular flexibility index (Phi) is 5.11. The van der Waals surface area contributed by atoms with E-state index in [4.69, 9.17) is 4.74 Å². The molecule has 2 aliphatic rings. The highest BCUT2D eigenvalue weighted by Gasteiger charge is 2.74. The van der Waals surface area contributed by atoms with Gasteiger partial charge in [0.2, 0.25) is 5.91 Å². The monoisotopic (exact) mass is 459 g/mol. The first kappa shape index (κ1) is 19.6. The number of Topliss-reactive ketones (excluding diaryl/α,β-unsaturated/α-hetero) is 1. The molecule has 1 amide bonds. The SMILES string of the molecule is C=CCOC(=O)[C@@H]1N2C(=O)C(Br)([C@H](O)C(=O)c3ccsc3)[C@H]2SC1(C)C. The summed E-state index contributed by atoms with van der Waals surface area (Å²) in [5.74, 6) is -1.53. The molecule has 1 aromatic rings. The zero-order valence-corrected chi connectivity index (χ0v) is 17.4. The summed E-state index contributed by atoms with van der Waals surface area (Å²) in [5, 5.41) is 13.4. The van der Waals surface area contributed by atoms with Crippen LogP contribution in [-0.4, -0.2) is 60.9 Å². The molecule has 1 aromatic heterocycles. The first-order chi connectivity index (χ1) is 12.2. The zero-order chi connectivity index (χ0) is 19.3. The third-order valence-electron chi connectivity index (χ3n) is 4.55. The van der Waals surface area contributed by atoms with Crippen LogP contribution in [0.2, 0.25) is 0 Å². The molecular formula is C17H18BrNO5S2. The number of carbonyl (C=O) groups excluding carboxylic acids is 3. The summed E-state index contributed by atoms with van der Waals surface area (Å²) in [5.41, 5.74) is 0.358. The standard InChI is InChI=1S/C17H18BrNO5S2/c1-4-6-24-13(22)11-16(2,3)26-15-17(18,14(23)19(11)15)12(21)10(20)9-5-7-25-8-9/h4-5,7-8,11-12,15,21H,1,6H2,2-3H3/t11-,12+,15+,17?/m0/s1. The molecule has 26 heavy (non-hydrogen) atoms. The second-order valence-electron chi connectivity index (χ2n) is 6.65. The van der Waals surface area contributed by atoms with Gasteiger partial charge in [-0.05, 0) is 25.3 Å². The minimum atomic E-state index is -1.54. The average Bonchev–Trinajstić information content (AvgIpc) is 3.22. The van der Waals surface area contributed by atoms with Crippen molar-refractivity contribution in [2.75, 3.05) is 6.61 Å². The van der Waals surface area contributed by atoms with E-state index in [-0.39, 0.29) is 6.61 Å². The molecule has 2 aliphatic heterocycles.